The summed E-state index contributed by atoms with van der Waals surface area (Å²) in [6, 6.07) is 15.2. The van der Waals surface area contributed by atoms with Gasteiger partial charge in [-0.25, -0.2) is 4.98 Å². The fourth-order valence-electron chi connectivity index (χ4n) is 3.13. The first kappa shape index (κ1) is 16.8. The fourth-order valence-corrected chi connectivity index (χ4v) is 3.51. The number of hydrogen-bond donors (Lipinski definition) is 0. The summed E-state index contributed by atoms with van der Waals surface area (Å²) in [5.74, 6) is 0.618. The van der Waals surface area contributed by atoms with Gasteiger partial charge in [-0.3, -0.25) is 4.79 Å². The van der Waals surface area contributed by atoms with Gasteiger partial charge in [0, 0.05) is 29.8 Å². The van der Waals surface area contributed by atoms with E-state index in [0.29, 0.717) is 17.1 Å². The van der Waals surface area contributed by atoms with Gasteiger partial charge >= 0.3 is 0 Å². The van der Waals surface area contributed by atoms with Gasteiger partial charge in [0.1, 0.15) is 17.3 Å². The zero-order valence-electron chi connectivity index (χ0n) is 14.3. The van der Waals surface area contributed by atoms with Crippen molar-refractivity contribution in [3.8, 4) is 6.07 Å². The lowest BCUT2D eigenvalue weighted by Crippen LogP contribution is -2.25. The third-order valence-electron chi connectivity index (χ3n) is 4.73. The van der Waals surface area contributed by atoms with Gasteiger partial charge in [0.25, 0.3) is 5.56 Å². The largest absolute Gasteiger partial charge is 0.339 e. The molecule has 0 radical (unpaired) electrons. The molecule has 1 aromatic carbocycles. The highest BCUT2D eigenvalue weighted by atomic mass is 79.9. The molecule has 2 heterocycles. The van der Waals surface area contributed by atoms with Gasteiger partial charge in [0.15, 0.2) is 0 Å². The van der Waals surface area contributed by atoms with Crippen LogP contribution in [-0.4, -0.2) is 16.1 Å². The van der Waals surface area contributed by atoms with E-state index in [1.165, 1.54) is 12.8 Å². The van der Waals surface area contributed by atoms with Crippen LogP contribution >= 0.6 is 15.9 Å². The number of nitrogens with zero attached hydrogens (tertiary/aromatic N) is 4. The summed E-state index contributed by atoms with van der Waals surface area (Å²) >= 11 is 3.53. The average molecular weight is 409 g/mol. The molecule has 0 aliphatic heterocycles. The van der Waals surface area contributed by atoms with E-state index in [9.17, 15) is 10.1 Å². The van der Waals surface area contributed by atoms with Crippen molar-refractivity contribution in [2.45, 2.75) is 12.8 Å². The van der Waals surface area contributed by atoms with Crippen molar-refractivity contribution in [2.75, 3.05) is 11.4 Å². The molecule has 6 heteroatoms. The second-order valence-corrected chi connectivity index (χ2v) is 7.55. The molecule has 1 aliphatic carbocycles. The van der Waals surface area contributed by atoms with E-state index in [0.717, 1.165) is 27.9 Å². The predicted octanol–water partition coefficient (Wildman–Crippen LogP) is 4.12. The van der Waals surface area contributed by atoms with E-state index < -0.39 is 0 Å². The predicted molar refractivity (Wildman–Crippen MR) is 106 cm³/mol. The monoisotopic (exact) mass is 408 g/mol. The number of pyridine rings is 2. The minimum Gasteiger partial charge on any atom is -0.339 e. The third-order valence-corrected chi connectivity index (χ3v) is 5.22. The van der Waals surface area contributed by atoms with Crippen LogP contribution in [0.2, 0.25) is 0 Å². The van der Waals surface area contributed by atoms with E-state index in [-0.39, 0.29) is 5.56 Å². The highest BCUT2D eigenvalue weighted by Gasteiger charge is 2.27. The standard InChI is InChI=1S/C20H17BrN4O/c1-24-17-8-7-15(11-22)23-20(17)18(10-19(24)26)25(12-13-5-6-13)16-4-2-3-14(21)9-16/h2-4,7-10,13H,5-6,12H2,1H3. The van der Waals surface area contributed by atoms with E-state index in [1.54, 1.807) is 29.8 Å². The number of halogens is 1. The fraction of sp³-hybridized carbons (Fsp3) is 0.250. The van der Waals surface area contributed by atoms with Gasteiger partial charge in [-0.2, -0.15) is 5.26 Å². The van der Waals surface area contributed by atoms with Crippen LogP contribution < -0.4 is 10.5 Å². The zero-order chi connectivity index (χ0) is 18.3. The molecule has 0 amide bonds. The van der Waals surface area contributed by atoms with Crippen LogP contribution in [0.25, 0.3) is 11.0 Å². The number of fused-ring (bicyclic) bond motifs is 1. The van der Waals surface area contributed by atoms with E-state index >= 15 is 0 Å². The minimum absolute atomic E-state index is 0.0881. The molecule has 0 spiro atoms. The van der Waals surface area contributed by atoms with Gasteiger partial charge in [-0.1, -0.05) is 22.0 Å². The number of hydrogen-bond acceptors (Lipinski definition) is 4. The number of rotatable bonds is 4. The molecular formula is C20H17BrN4O. The van der Waals surface area contributed by atoms with Crippen LogP contribution in [0.1, 0.15) is 18.5 Å². The number of benzene rings is 1. The Hall–Kier alpha value is -2.65. The molecule has 0 N–H and O–H groups in total. The van der Waals surface area contributed by atoms with Crippen LogP contribution in [0.3, 0.4) is 0 Å². The second-order valence-electron chi connectivity index (χ2n) is 6.64. The maximum Gasteiger partial charge on any atom is 0.252 e. The van der Waals surface area contributed by atoms with Crippen molar-refractivity contribution in [2.24, 2.45) is 13.0 Å². The Balaban J connectivity index is 1.98. The number of anilines is 2. The Morgan fingerprint density at radius 3 is 2.81 bits per heavy atom. The van der Waals surface area contributed by atoms with Crippen LogP contribution in [0, 0.1) is 17.2 Å². The van der Waals surface area contributed by atoms with Crippen molar-refractivity contribution < 1.29 is 0 Å². The number of aromatic nitrogens is 2. The smallest absolute Gasteiger partial charge is 0.252 e. The van der Waals surface area contributed by atoms with Crippen molar-refractivity contribution in [1.29, 1.82) is 5.26 Å². The molecule has 1 fully saturated rings. The number of aryl methyl sites for hydroxylation is 1. The minimum atomic E-state index is -0.0881. The van der Waals surface area contributed by atoms with Gasteiger partial charge in [-0.15, -0.1) is 0 Å². The van der Waals surface area contributed by atoms with Gasteiger partial charge in [-0.05, 0) is 49.1 Å². The molecule has 0 atom stereocenters. The summed E-state index contributed by atoms with van der Waals surface area (Å²) in [5, 5.41) is 9.26. The average Bonchev–Trinajstić information content (AvgIpc) is 3.46. The first-order valence-electron chi connectivity index (χ1n) is 8.51. The lowest BCUT2D eigenvalue weighted by atomic mass is 10.2. The molecule has 1 saturated carbocycles. The van der Waals surface area contributed by atoms with E-state index in [2.05, 4.69) is 31.9 Å². The Bertz CT molecular complexity index is 1100. The normalized spacial score (nSPS) is 13.6. The Morgan fingerprint density at radius 1 is 1.31 bits per heavy atom. The van der Waals surface area contributed by atoms with E-state index in [1.807, 2.05) is 24.3 Å². The molecule has 0 bridgehead atoms. The molecule has 4 rings (SSSR count). The second kappa shape index (κ2) is 6.58. The van der Waals surface area contributed by atoms with Gasteiger partial charge < -0.3 is 9.47 Å². The maximum absolute atomic E-state index is 12.5. The van der Waals surface area contributed by atoms with Crippen LogP contribution in [-0.2, 0) is 7.05 Å². The van der Waals surface area contributed by atoms with Gasteiger partial charge in [0.05, 0.1) is 11.2 Å². The molecule has 26 heavy (non-hydrogen) atoms. The highest BCUT2D eigenvalue weighted by molar-refractivity contribution is 9.10. The van der Waals surface area contributed by atoms with Crippen LogP contribution in [0.4, 0.5) is 11.4 Å². The Morgan fingerprint density at radius 2 is 2.12 bits per heavy atom. The summed E-state index contributed by atoms with van der Waals surface area (Å²) < 4.78 is 2.55. The van der Waals surface area contributed by atoms with Crippen molar-refractivity contribution in [3.05, 3.63) is 63.0 Å². The summed E-state index contributed by atoms with van der Waals surface area (Å²) in [6.45, 7) is 0.831. The third kappa shape index (κ3) is 3.11. The first-order chi connectivity index (χ1) is 12.6. The van der Waals surface area contributed by atoms with Crippen molar-refractivity contribution in [1.82, 2.24) is 9.55 Å². The topological polar surface area (TPSA) is 61.9 Å². The molecule has 3 aromatic rings. The van der Waals surface area contributed by atoms with E-state index in [4.69, 9.17) is 0 Å². The molecule has 1 aliphatic rings. The summed E-state index contributed by atoms with van der Waals surface area (Å²) in [6.07, 6.45) is 2.40. The molecule has 130 valence electrons. The first-order valence-corrected chi connectivity index (χ1v) is 9.30. The molecule has 0 saturated heterocycles. The summed E-state index contributed by atoms with van der Waals surface area (Å²) in [5.41, 5.74) is 3.41. The lowest BCUT2D eigenvalue weighted by Gasteiger charge is -2.26. The lowest BCUT2D eigenvalue weighted by molar-refractivity contribution is 0.810. The van der Waals surface area contributed by atoms with Crippen LogP contribution in [0.15, 0.2) is 51.7 Å². The van der Waals surface area contributed by atoms with Crippen molar-refractivity contribution in [3.63, 3.8) is 0 Å². The zero-order valence-corrected chi connectivity index (χ0v) is 15.9. The SMILES string of the molecule is Cn1c(=O)cc(N(CC2CC2)c2cccc(Br)c2)c2nc(C#N)ccc21. The highest BCUT2D eigenvalue weighted by Crippen LogP contribution is 2.37. The summed E-state index contributed by atoms with van der Waals surface area (Å²) in [7, 11) is 1.73. The Kier molecular flexibility index (Phi) is 4.25. The molecular weight excluding hydrogens is 392 g/mol. The van der Waals surface area contributed by atoms with Crippen LogP contribution in [0.5, 0.6) is 0 Å². The molecule has 0 unspecified atom stereocenters. The number of nitriles is 1. The van der Waals surface area contributed by atoms with Crippen molar-refractivity contribution >= 4 is 38.3 Å². The maximum atomic E-state index is 12.5. The summed E-state index contributed by atoms with van der Waals surface area (Å²) in [4.78, 5) is 19.2. The molecule has 5 nitrogen and oxygen atoms in total. The molecule has 2 aromatic heterocycles. The van der Waals surface area contributed by atoms with Gasteiger partial charge in [0.2, 0.25) is 0 Å². The Labute approximate surface area is 159 Å². The quantitative estimate of drug-likeness (QED) is 0.651.